The van der Waals surface area contributed by atoms with Crippen LogP contribution in [0.15, 0.2) is 24.3 Å². The summed E-state index contributed by atoms with van der Waals surface area (Å²) in [5.74, 6) is -0.0286. The first-order chi connectivity index (χ1) is 11.5. The molecule has 8 heteroatoms. The van der Waals surface area contributed by atoms with Gasteiger partial charge in [-0.2, -0.15) is 0 Å². The third kappa shape index (κ3) is 4.61. The molecule has 1 aromatic rings. The number of cyclic esters (lactones) is 1. The van der Waals surface area contributed by atoms with E-state index in [9.17, 15) is 14.4 Å². The lowest BCUT2D eigenvalue weighted by Crippen LogP contribution is -2.46. The van der Waals surface area contributed by atoms with E-state index in [-0.39, 0.29) is 25.7 Å². The number of ether oxygens (including phenoxy) is 3. The largest absolute Gasteiger partial charge is 0.497 e. The number of hydrogen-bond donors (Lipinski definition) is 1. The van der Waals surface area contributed by atoms with E-state index >= 15 is 0 Å². The molecule has 1 saturated heterocycles. The number of amides is 2. The van der Waals surface area contributed by atoms with Crippen LogP contribution in [0.5, 0.6) is 5.75 Å². The molecule has 0 saturated carbocycles. The zero-order valence-electron chi connectivity index (χ0n) is 13.6. The van der Waals surface area contributed by atoms with Crippen LogP contribution in [-0.2, 0) is 25.6 Å². The zero-order valence-corrected chi connectivity index (χ0v) is 13.6. The summed E-state index contributed by atoms with van der Waals surface area (Å²) in [6.45, 7) is 1.71. The third-order valence-corrected chi connectivity index (χ3v) is 3.54. The summed E-state index contributed by atoms with van der Waals surface area (Å²) in [6.07, 6.45) is -0.591. The number of methoxy groups -OCH3 is 1. The smallest absolute Gasteiger partial charge is 0.410 e. The van der Waals surface area contributed by atoms with Gasteiger partial charge in [0.1, 0.15) is 25.0 Å². The van der Waals surface area contributed by atoms with Crippen molar-refractivity contribution in [1.82, 2.24) is 10.2 Å². The quantitative estimate of drug-likeness (QED) is 0.737. The summed E-state index contributed by atoms with van der Waals surface area (Å²) in [5.41, 5.74) is 0.904. The van der Waals surface area contributed by atoms with Crippen LogP contribution in [0.4, 0.5) is 4.79 Å². The summed E-state index contributed by atoms with van der Waals surface area (Å²) in [6, 6.07) is 6.55. The van der Waals surface area contributed by atoms with Gasteiger partial charge >= 0.3 is 12.1 Å². The van der Waals surface area contributed by atoms with Crippen LogP contribution in [0.1, 0.15) is 12.5 Å². The molecule has 24 heavy (non-hydrogen) atoms. The van der Waals surface area contributed by atoms with Crippen molar-refractivity contribution in [2.45, 2.75) is 19.5 Å². The number of nitrogens with zero attached hydrogens (tertiary/aromatic N) is 1. The molecule has 8 nitrogen and oxygen atoms in total. The topological polar surface area (TPSA) is 94.2 Å². The molecule has 1 aliphatic rings. The fourth-order valence-electron chi connectivity index (χ4n) is 2.25. The minimum absolute atomic E-state index is 0.0205. The Kier molecular flexibility index (Phi) is 6.00. The molecule has 0 aliphatic carbocycles. The molecule has 130 valence electrons. The van der Waals surface area contributed by atoms with E-state index in [1.165, 1.54) is 11.8 Å². The second-order valence-electron chi connectivity index (χ2n) is 5.19. The Hall–Kier alpha value is -2.77. The Balaban J connectivity index is 1.87. The minimum atomic E-state index is -0.730. The van der Waals surface area contributed by atoms with Crippen LogP contribution in [0.3, 0.4) is 0 Å². The van der Waals surface area contributed by atoms with E-state index in [1.807, 2.05) is 12.1 Å². The third-order valence-electron chi connectivity index (χ3n) is 3.54. The van der Waals surface area contributed by atoms with Crippen molar-refractivity contribution in [2.75, 3.05) is 26.9 Å². The first kappa shape index (κ1) is 17.6. The van der Waals surface area contributed by atoms with Crippen LogP contribution >= 0.6 is 0 Å². The van der Waals surface area contributed by atoms with Crippen molar-refractivity contribution < 1.29 is 28.6 Å². The van der Waals surface area contributed by atoms with Gasteiger partial charge in [0.05, 0.1) is 13.7 Å². The van der Waals surface area contributed by atoms with Gasteiger partial charge in [-0.15, -0.1) is 0 Å². The molecule has 0 spiro atoms. The van der Waals surface area contributed by atoms with Gasteiger partial charge in [0.2, 0.25) is 5.91 Å². The maximum atomic E-state index is 12.3. The molecule has 0 bridgehead atoms. The highest BCUT2D eigenvalue weighted by atomic mass is 16.6. The van der Waals surface area contributed by atoms with E-state index < -0.39 is 18.1 Å². The summed E-state index contributed by atoms with van der Waals surface area (Å²) in [7, 11) is 1.58. The number of esters is 1. The Morgan fingerprint density at radius 3 is 2.67 bits per heavy atom. The van der Waals surface area contributed by atoms with Gasteiger partial charge in [0, 0.05) is 13.5 Å². The van der Waals surface area contributed by atoms with Gasteiger partial charge in [0.25, 0.3) is 0 Å². The van der Waals surface area contributed by atoms with Gasteiger partial charge in [-0.05, 0) is 17.7 Å². The summed E-state index contributed by atoms with van der Waals surface area (Å²) >= 11 is 0. The van der Waals surface area contributed by atoms with Crippen molar-refractivity contribution in [3.63, 3.8) is 0 Å². The lowest BCUT2D eigenvalue weighted by atomic mass is 10.2. The van der Waals surface area contributed by atoms with Crippen molar-refractivity contribution >= 4 is 18.0 Å². The first-order valence-electron chi connectivity index (χ1n) is 7.48. The molecule has 1 aromatic carbocycles. The summed E-state index contributed by atoms with van der Waals surface area (Å²) in [5, 5.41) is 2.77. The van der Waals surface area contributed by atoms with E-state index in [0.29, 0.717) is 6.54 Å². The number of benzene rings is 1. The number of hydrogen-bond acceptors (Lipinski definition) is 6. The van der Waals surface area contributed by atoms with Gasteiger partial charge in [0.15, 0.2) is 0 Å². The molecule has 0 radical (unpaired) electrons. The number of carbonyl (C=O) groups excluding carboxylic acids is 3. The van der Waals surface area contributed by atoms with Crippen LogP contribution < -0.4 is 10.1 Å². The van der Waals surface area contributed by atoms with Crippen molar-refractivity contribution in [1.29, 1.82) is 0 Å². The Morgan fingerprint density at radius 1 is 1.33 bits per heavy atom. The molecular formula is C16H20N2O6. The lowest BCUT2D eigenvalue weighted by molar-refractivity contribution is -0.141. The highest BCUT2D eigenvalue weighted by Gasteiger charge is 2.37. The van der Waals surface area contributed by atoms with Gasteiger partial charge in [-0.1, -0.05) is 12.1 Å². The highest BCUT2D eigenvalue weighted by molar-refractivity contribution is 5.87. The monoisotopic (exact) mass is 336 g/mol. The fraction of sp³-hybridized carbons (Fsp3) is 0.438. The predicted molar refractivity (Wildman–Crippen MR) is 83.3 cm³/mol. The van der Waals surface area contributed by atoms with Crippen molar-refractivity contribution in [3.05, 3.63) is 29.8 Å². The van der Waals surface area contributed by atoms with Crippen LogP contribution in [0.25, 0.3) is 0 Å². The van der Waals surface area contributed by atoms with Gasteiger partial charge in [-0.3, -0.25) is 14.5 Å². The number of carbonyl (C=O) groups is 3. The number of rotatable bonds is 7. The van der Waals surface area contributed by atoms with E-state index in [1.54, 1.807) is 19.2 Å². The van der Waals surface area contributed by atoms with Crippen LogP contribution in [-0.4, -0.2) is 55.8 Å². The second kappa shape index (κ2) is 8.19. The molecule has 1 N–H and O–H groups in total. The standard InChI is InChI=1S/C16H20N2O6/c1-11(19)23-8-7-18-14(10-24-16(18)21)15(20)17-9-12-3-5-13(22-2)6-4-12/h3-6,14H,7-10H2,1-2H3,(H,17,20)/t14-/m0/s1. The van der Waals surface area contributed by atoms with Crippen molar-refractivity contribution in [2.24, 2.45) is 0 Å². The van der Waals surface area contributed by atoms with E-state index in [4.69, 9.17) is 14.2 Å². The summed E-state index contributed by atoms with van der Waals surface area (Å²) in [4.78, 5) is 36.0. The molecular weight excluding hydrogens is 316 g/mol. The molecule has 0 aromatic heterocycles. The first-order valence-corrected chi connectivity index (χ1v) is 7.48. The molecule has 1 atom stereocenters. The normalized spacial score (nSPS) is 16.5. The number of nitrogens with one attached hydrogen (secondary N) is 1. The van der Waals surface area contributed by atoms with Crippen molar-refractivity contribution in [3.8, 4) is 5.75 Å². The molecule has 1 aliphatic heterocycles. The molecule has 0 unspecified atom stereocenters. The maximum absolute atomic E-state index is 12.3. The summed E-state index contributed by atoms with van der Waals surface area (Å²) < 4.78 is 14.8. The van der Waals surface area contributed by atoms with E-state index in [0.717, 1.165) is 11.3 Å². The molecule has 2 rings (SSSR count). The minimum Gasteiger partial charge on any atom is -0.497 e. The second-order valence-corrected chi connectivity index (χ2v) is 5.19. The molecule has 1 fully saturated rings. The average Bonchev–Trinajstić information content (AvgIpc) is 2.94. The van der Waals surface area contributed by atoms with Gasteiger partial charge in [-0.25, -0.2) is 4.79 Å². The zero-order chi connectivity index (χ0) is 17.5. The van der Waals surface area contributed by atoms with E-state index in [2.05, 4.69) is 5.32 Å². The molecule has 2 amide bonds. The lowest BCUT2D eigenvalue weighted by Gasteiger charge is -2.20. The van der Waals surface area contributed by atoms with Crippen LogP contribution in [0, 0.1) is 0 Å². The SMILES string of the molecule is COc1ccc(CNC(=O)[C@@H]2COC(=O)N2CCOC(C)=O)cc1. The Bertz CT molecular complexity index is 601. The Labute approximate surface area is 139 Å². The maximum Gasteiger partial charge on any atom is 0.410 e. The van der Waals surface area contributed by atoms with Gasteiger partial charge < -0.3 is 19.5 Å². The molecule has 1 heterocycles. The fourth-order valence-corrected chi connectivity index (χ4v) is 2.25. The Morgan fingerprint density at radius 2 is 2.04 bits per heavy atom. The predicted octanol–water partition coefficient (Wildman–Crippen LogP) is 0.695. The van der Waals surface area contributed by atoms with Crippen LogP contribution in [0.2, 0.25) is 0 Å². The highest BCUT2D eigenvalue weighted by Crippen LogP contribution is 2.14. The average molecular weight is 336 g/mol.